The predicted molar refractivity (Wildman–Crippen MR) is 106 cm³/mol. The minimum absolute atomic E-state index is 0.223. The highest BCUT2D eigenvalue weighted by Crippen LogP contribution is 2.36. The lowest BCUT2D eigenvalue weighted by Crippen LogP contribution is -2.30. The van der Waals surface area contributed by atoms with Gasteiger partial charge in [0, 0.05) is 6.54 Å². The predicted octanol–water partition coefficient (Wildman–Crippen LogP) is 4.84. The Morgan fingerprint density at radius 3 is 2.33 bits per heavy atom. The quantitative estimate of drug-likeness (QED) is 0.475. The molecule has 0 aromatic heterocycles. The largest absolute Gasteiger partial charge is 0.487 e. The molecule has 1 aliphatic heterocycles. The molecule has 1 heterocycles. The van der Waals surface area contributed by atoms with Gasteiger partial charge in [0.25, 0.3) is 5.91 Å². The lowest BCUT2D eigenvalue weighted by Gasteiger charge is -2.12. The number of ether oxygens (including phenoxy) is 1. The van der Waals surface area contributed by atoms with Gasteiger partial charge in [0.2, 0.25) is 0 Å². The third-order valence-electron chi connectivity index (χ3n) is 3.91. The van der Waals surface area contributed by atoms with Crippen molar-refractivity contribution in [3.8, 4) is 5.75 Å². The van der Waals surface area contributed by atoms with Crippen LogP contribution in [0.4, 0.5) is 9.18 Å². The molecule has 5 nitrogen and oxygen atoms in total. The molecule has 0 aliphatic carbocycles. The van der Waals surface area contributed by atoms with E-state index in [4.69, 9.17) is 4.74 Å². The van der Waals surface area contributed by atoms with Crippen molar-refractivity contribution in [2.24, 2.45) is 0 Å². The van der Waals surface area contributed by atoms with Gasteiger partial charge in [-0.1, -0.05) is 12.1 Å². The van der Waals surface area contributed by atoms with Gasteiger partial charge >= 0.3 is 6.03 Å². The SMILES string of the molecule is CCN1C(=O)N/C(=C/c2cc(Br)c(OCc3ccc(F)cc3)c(Br)c2)C1=O. The van der Waals surface area contributed by atoms with Crippen LogP contribution in [0.15, 0.2) is 51.0 Å². The van der Waals surface area contributed by atoms with Gasteiger partial charge < -0.3 is 10.1 Å². The fourth-order valence-electron chi connectivity index (χ4n) is 2.56. The molecule has 1 saturated heterocycles. The first kappa shape index (κ1) is 19.6. The van der Waals surface area contributed by atoms with Crippen molar-refractivity contribution in [1.29, 1.82) is 0 Å². The molecule has 0 unspecified atom stereocenters. The van der Waals surface area contributed by atoms with Crippen LogP contribution in [0, 0.1) is 5.82 Å². The Kier molecular flexibility index (Phi) is 5.96. The van der Waals surface area contributed by atoms with Crippen molar-refractivity contribution in [2.75, 3.05) is 6.54 Å². The minimum Gasteiger partial charge on any atom is -0.487 e. The average molecular weight is 498 g/mol. The van der Waals surface area contributed by atoms with Crippen molar-refractivity contribution >= 4 is 49.9 Å². The number of carbonyl (C=O) groups is 2. The fraction of sp³-hybridized carbons (Fsp3) is 0.158. The van der Waals surface area contributed by atoms with E-state index in [1.54, 1.807) is 37.3 Å². The summed E-state index contributed by atoms with van der Waals surface area (Å²) in [6, 6.07) is 9.21. The lowest BCUT2D eigenvalue weighted by atomic mass is 10.2. The highest BCUT2D eigenvalue weighted by Gasteiger charge is 2.32. The second-order valence-corrected chi connectivity index (χ2v) is 7.48. The Balaban J connectivity index is 1.79. The molecule has 0 radical (unpaired) electrons. The molecule has 1 aliphatic rings. The number of nitrogens with zero attached hydrogens (tertiary/aromatic N) is 1. The summed E-state index contributed by atoms with van der Waals surface area (Å²) in [5.74, 6) is -0.0708. The molecule has 2 aromatic rings. The Labute approximate surface area is 172 Å². The van der Waals surface area contributed by atoms with Gasteiger partial charge in [0.15, 0.2) is 0 Å². The first-order valence-corrected chi connectivity index (χ1v) is 9.68. The van der Waals surface area contributed by atoms with E-state index in [-0.39, 0.29) is 24.0 Å². The van der Waals surface area contributed by atoms with Crippen LogP contribution >= 0.6 is 31.9 Å². The summed E-state index contributed by atoms with van der Waals surface area (Å²) in [5.41, 5.74) is 1.77. The van der Waals surface area contributed by atoms with E-state index in [1.807, 2.05) is 0 Å². The number of nitrogens with one attached hydrogen (secondary N) is 1. The molecule has 1 N–H and O–H groups in total. The Morgan fingerprint density at radius 1 is 1.15 bits per heavy atom. The zero-order valence-electron chi connectivity index (χ0n) is 14.3. The molecule has 0 spiro atoms. The molecule has 27 heavy (non-hydrogen) atoms. The van der Waals surface area contributed by atoms with Gasteiger partial charge in [-0.2, -0.15) is 0 Å². The maximum Gasteiger partial charge on any atom is 0.328 e. The van der Waals surface area contributed by atoms with Crippen molar-refractivity contribution in [3.63, 3.8) is 0 Å². The number of hydrogen-bond acceptors (Lipinski definition) is 3. The number of imide groups is 1. The van der Waals surface area contributed by atoms with Crippen LogP contribution in [0.5, 0.6) is 5.75 Å². The number of likely N-dealkylation sites (N-methyl/N-ethyl adjacent to an activating group) is 1. The van der Waals surface area contributed by atoms with Crippen molar-refractivity contribution in [1.82, 2.24) is 10.2 Å². The van der Waals surface area contributed by atoms with Crippen molar-refractivity contribution in [2.45, 2.75) is 13.5 Å². The highest BCUT2D eigenvalue weighted by molar-refractivity contribution is 9.11. The first-order valence-electron chi connectivity index (χ1n) is 8.10. The number of urea groups is 1. The molecule has 0 saturated carbocycles. The standard InChI is InChI=1S/C19H15Br2FN2O3/c1-2-24-18(25)16(23-19(24)26)9-12-7-14(20)17(15(21)8-12)27-10-11-3-5-13(22)6-4-11/h3-9H,2,10H2,1H3,(H,23,26)/b16-9+. The van der Waals surface area contributed by atoms with Crippen LogP contribution in [-0.4, -0.2) is 23.4 Å². The topological polar surface area (TPSA) is 58.6 Å². The van der Waals surface area contributed by atoms with E-state index in [9.17, 15) is 14.0 Å². The van der Waals surface area contributed by atoms with Gasteiger partial charge in [-0.15, -0.1) is 0 Å². The molecule has 0 atom stereocenters. The van der Waals surface area contributed by atoms with E-state index < -0.39 is 6.03 Å². The number of halogens is 3. The lowest BCUT2D eigenvalue weighted by molar-refractivity contribution is -0.122. The van der Waals surface area contributed by atoms with E-state index in [2.05, 4.69) is 37.2 Å². The van der Waals surface area contributed by atoms with Gasteiger partial charge in [-0.05, 0) is 80.3 Å². The molecule has 2 aromatic carbocycles. The van der Waals surface area contributed by atoms with E-state index in [1.165, 1.54) is 12.1 Å². The molecule has 8 heteroatoms. The molecule has 1 fully saturated rings. The minimum atomic E-state index is -0.425. The van der Waals surface area contributed by atoms with Crippen LogP contribution in [0.3, 0.4) is 0 Å². The Morgan fingerprint density at radius 2 is 1.78 bits per heavy atom. The summed E-state index contributed by atoms with van der Waals surface area (Å²) in [4.78, 5) is 25.0. The van der Waals surface area contributed by atoms with Crippen LogP contribution in [0.2, 0.25) is 0 Å². The maximum absolute atomic E-state index is 13.0. The normalized spacial score (nSPS) is 15.4. The number of carbonyl (C=O) groups excluding carboxylic acids is 2. The summed E-state index contributed by atoms with van der Waals surface area (Å²) in [7, 11) is 0. The molecule has 140 valence electrons. The van der Waals surface area contributed by atoms with Crippen LogP contribution in [0.1, 0.15) is 18.1 Å². The van der Waals surface area contributed by atoms with Gasteiger partial charge in [-0.3, -0.25) is 9.69 Å². The van der Waals surface area contributed by atoms with Crippen molar-refractivity contribution in [3.05, 3.63) is 68.0 Å². The zero-order chi connectivity index (χ0) is 19.6. The second kappa shape index (κ2) is 8.22. The number of amides is 3. The summed E-state index contributed by atoms with van der Waals surface area (Å²) < 4.78 is 20.1. The summed E-state index contributed by atoms with van der Waals surface area (Å²) in [6.45, 7) is 2.32. The smallest absolute Gasteiger partial charge is 0.328 e. The third-order valence-corrected chi connectivity index (χ3v) is 5.08. The maximum atomic E-state index is 13.0. The zero-order valence-corrected chi connectivity index (χ0v) is 17.4. The number of benzene rings is 2. The van der Waals surface area contributed by atoms with E-state index in [0.29, 0.717) is 26.8 Å². The molecular formula is C19H15Br2FN2O3. The first-order chi connectivity index (χ1) is 12.9. The fourth-order valence-corrected chi connectivity index (χ4v) is 4.01. The summed E-state index contributed by atoms with van der Waals surface area (Å²) >= 11 is 6.92. The van der Waals surface area contributed by atoms with Crippen LogP contribution in [0.25, 0.3) is 6.08 Å². The summed E-state index contributed by atoms with van der Waals surface area (Å²) in [6.07, 6.45) is 1.61. The van der Waals surface area contributed by atoms with E-state index in [0.717, 1.165) is 10.5 Å². The van der Waals surface area contributed by atoms with Crippen molar-refractivity contribution < 1.29 is 18.7 Å². The average Bonchev–Trinajstić information content (AvgIpc) is 2.88. The Bertz CT molecular complexity index is 906. The van der Waals surface area contributed by atoms with Gasteiger partial charge in [0.05, 0.1) is 8.95 Å². The summed E-state index contributed by atoms with van der Waals surface area (Å²) in [5, 5.41) is 2.56. The Hall–Kier alpha value is -2.19. The number of rotatable bonds is 5. The molecule has 3 rings (SSSR count). The monoisotopic (exact) mass is 496 g/mol. The van der Waals surface area contributed by atoms with Crippen LogP contribution in [-0.2, 0) is 11.4 Å². The molecule has 3 amide bonds. The van der Waals surface area contributed by atoms with E-state index >= 15 is 0 Å². The van der Waals surface area contributed by atoms with Gasteiger partial charge in [-0.25, -0.2) is 9.18 Å². The second-order valence-electron chi connectivity index (χ2n) is 5.77. The van der Waals surface area contributed by atoms with Crippen LogP contribution < -0.4 is 10.1 Å². The highest BCUT2D eigenvalue weighted by atomic mass is 79.9. The van der Waals surface area contributed by atoms with Gasteiger partial charge in [0.1, 0.15) is 23.9 Å². The molecular weight excluding hydrogens is 483 g/mol. The molecule has 0 bridgehead atoms. The third kappa shape index (κ3) is 4.39. The number of hydrogen-bond donors (Lipinski definition) is 1.